The van der Waals surface area contributed by atoms with E-state index in [2.05, 4.69) is 56.3 Å². The molecule has 11 N–H and O–H groups in total. The van der Waals surface area contributed by atoms with Crippen LogP contribution in [0.3, 0.4) is 0 Å². The Balaban J connectivity index is 1.15. The Kier molecular flexibility index (Phi) is 9.54. The van der Waals surface area contributed by atoms with Crippen LogP contribution in [0.4, 0.5) is 22.2 Å². The third kappa shape index (κ3) is 9.25. The van der Waals surface area contributed by atoms with E-state index in [-0.39, 0.29) is 78.5 Å². The van der Waals surface area contributed by atoms with Gasteiger partial charge < -0.3 is 38.9 Å². The van der Waals surface area contributed by atoms with Gasteiger partial charge in [-0.2, -0.15) is 29.7 Å². The molecule has 1 atom stereocenters. The molecule has 0 spiro atoms. The first-order valence-corrected chi connectivity index (χ1v) is 14.4. The van der Waals surface area contributed by atoms with E-state index in [0.29, 0.717) is 24.2 Å². The van der Waals surface area contributed by atoms with Crippen LogP contribution < -0.4 is 38.9 Å². The van der Waals surface area contributed by atoms with E-state index in [1.54, 1.807) is 12.1 Å². The minimum absolute atomic E-state index is 0.00496. The number of aromatic nitrogens is 7. The number of rotatable bonds is 12. The van der Waals surface area contributed by atoms with Crippen LogP contribution in [0, 0.1) is 11.7 Å². The molecule has 0 aliphatic heterocycles. The van der Waals surface area contributed by atoms with Crippen molar-refractivity contribution in [3.63, 3.8) is 0 Å². The van der Waals surface area contributed by atoms with Crippen LogP contribution in [0.25, 0.3) is 11.4 Å². The van der Waals surface area contributed by atoms with Crippen molar-refractivity contribution >= 4 is 41.6 Å². The molecule has 2 aliphatic carbocycles. The van der Waals surface area contributed by atoms with Gasteiger partial charge in [0.1, 0.15) is 12.4 Å². The molecular weight excluding hydrogens is 587 g/mol. The number of guanidine groups is 2. The van der Waals surface area contributed by atoms with E-state index < -0.39 is 5.91 Å². The van der Waals surface area contributed by atoms with E-state index in [4.69, 9.17) is 22.9 Å². The van der Waals surface area contributed by atoms with Gasteiger partial charge in [0.2, 0.25) is 23.6 Å². The molecule has 18 nitrogen and oxygen atoms in total. The Morgan fingerprint density at radius 2 is 1.62 bits per heavy atom. The van der Waals surface area contributed by atoms with Gasteiger partial charge in [0.25, 0.3) is 11.9 Å². The SMILES string of the molecule is NC(N)=NC(=O)CC(Nc1nc(N=C(N)N)nc(NC2CCC(NC(=O)Cn3nnc(-c4ccc(F)cc4)n3)CC2)n1)C1CC1. The van der Waals surface area contributed by atoms with Gasteiger partial charge >= 0.3 is 0 Å². The fourth-order valence-electron chi connectivity index (χ4n) is 5.03. The maximum Gasteiger partial charge on any atom is 0.259 e. The van der Waals surface area contributed by atoms with E-state index in [1.807, 2.05) is 0 Å². The highest BCUT2D eigenvalue weighted by Crippen LogP contribution is 2.36. The largest absolute Gasteiger partial charge is 0.370 e. The number of hydrogen-bond donors (Lipinski definition) is 7. The number of nitrogens with zero attached hydrogens (tertiary/aromatic N) is 9. The molecule has 2 fully saturated rings. The predicted molar refractivity (Wildman–Crippen MR) is 162 cm³/mol. The maximum atomic E-state index is 13.2. The van der Waals surface area contributed by atoms with Crippen LogP contribution in [0.2, 0.25) is 0 Å². The number of nitrogens with one attached hydrogen (secondary N) is 3. The third-order valence-electron chi connectivity index (χ3n) is 7.27. The second kappa shape index (κ2) is 13.9. The number of benzene rings is 1. The van der Waals surface area contributed by atoms with Gasteiger partial charge in [-0.05, 0) is 73.9 Å². The fraction of sp³-hybridized carbons (Fsp3) is 0.462. The first kappa shape index (κ1) is 31.0. The van der Waals surface area contributed by atoms with E-state index in [1.165, 1.54) is 16.9 Å². The number of hydrogen-bond acceptors (Lipinski definition) is 11. The number of tetrazole rings is 1. The average molecular weight is 623 g/mol. The molecule has 1 aromatic carbocycles. The van der Waals surface area contributed by atoms with Gasteiger partial charge in [0.15, 0.2) is 11.9 Å². The molecule has 2 saturated carbocycles. The topological polar surface area (TPSA) is 281 Å². The van der Waals surface area contributed by atoms with Crippen molar-refractivity contribution < 1.29 is 14.0 Å². The molecule has 2 aliphatic rings. The lowest BCUT2D eigenvalue weighted by molar-refractivity contribution is -0.123. The quantitative estimate of drug-likeness (QED) is 0.0989. The highest BCUT2D eigenvalue weighted by atomic mass is 19.1. The number of nitrogens with two attached hydrogens (primary N) is 4. The van der Waals surface area contributed by atoms with Gasteiger partial charge in [0.05, 0.1) is 0 Å². The summed E-state index contributed by atoms with van der Waals surface area (Å²) < 4.78 is 13.2. The monoisotopic (exact) mass is 622 g/mol. The molecule has 238 valence electrons. The molecule has 2 amide bonds. The van der Waals surface area contributed by atoms with Gasteiger partial charge in [-0.25, -0.2) is 4.39 Å². The van der Waals surface area contributed by atoms with Crippen LogP contribution in [-0.2, 0) is 16.1 Å². The Hall–Kier alpha value is -5.49. The molecule has 19 heteroatoms. The second-order valence-corrected chi connectivity index (χ2v) is 11.0. The zero-order valence-corrected chi connectivity index (χ0v) is 24.3. The first-order chi connectivity index (χ1) is 21.6. The normalized spacial score (nSPS) is 18.3. The van der Waals surface area contributed by atoms with Crippen molar-refractivity contribution in [1.29, 1.82) is 0 Å². The molecule has 2 heterocycles. The summed E-state index contributed by atoms with van der Waals surface area (Å²) >= 11 is 0. The number of halogens is 1. The van der Waals surface area contributed by atoms with Crippen molar-refractivity contribution in [2.24, 2.45) is 38.8 Å². The Morgan fingerprint density at radius 1 is 0.933 bits per heavy atom. The Bertz CT molecular complexity index is 1560. The molecule has 45 heavy (non-hydrogen) atoms. The number of anilines is 2. The van der Waals surface area contributed by atoms with Crippen molar-refractivity contribution in [1.82, 2.24) is 40.5 Å². The lowest BCUT2D eigenvalue weighted by Crippen LogP contribution is -2.41. The Morgan fingerprint density at radius 3 is 2.29 bits per heavy atom. The summed E-state index contributed by atoms with van der Waals surface area (Å²) in [5.41, 5.74) is 22.4. The third-order valence-corrected chi connectivity index (χ3v) is 7.27. The van der Waals surface area contributed by atoms with Gasteiger partial charge in [-0.1, -0.05) is 0 Å². The number of aliphatic imine (C=N–C) groups is 2. The molecule has 5 rings (SSSR count). The molecule has 0 bridgehead atoms. The Labute approximate surface area is 256 Å². The predicted octanol–water partition coefficient (Wildman–Crippen LogP) is -0.511. The summed E-state index contributed by atoms with van der Waals surface area (Å²) in [6.45, 7) is -0.0972. The number of carbonyl (C=O) groups excluding carboxylic acids is 2. The van der Waals surface area contributed by atoms with E-state index in [0.717, 1.165) is 25.7 Å². The molecule has 2 aromatic heterocycles. The van der Waals surface area contributed by atoms with Crippen LogP contribution >= 0.6 is 0 Å². The highest BCUT2D eigenvalue weighted by molar-refractivity contribution is 5.91. The average Bonchev–Trinajstić information content (AvgIpc) is 3.72. The summed E-state index contributed by atoms with van der Waals surface area (Å²) in [6, 6.07) is 5.39. The second-order valence-electron chi connectivity index (χ2n) is 11.0. The van der Waals surface area contributed by atoms with Crippen molar-refractivity contribution in [2.75, 3.05) is 10.6 Å². The van der Waals surface area contributed by atoms with Gasteiger partial charge in [-0.15, -0.1) is 10.2 Å². The van der Waals surface area contributed by atoms with Gasteiger partial charge in [-0.3, -0.25) is 9.59 Å². The molecule has 1 unspecified atom stereocenters. The molecule has 3 aromatic rings. The fourth-order valence-corrected chi connectivity index (χ4v) is 5.03. The number of carbonyl (C=O) groups is 2. The maximum absolute atomic E-state index is 13.2. The molecule has 0 radical (unpaired) electrons. The minimum atomic E-state index is -0.451. The number of amides is 2. The van der Waals surface area contributed by atoms with Crippen LogP contribution in [0.1, 0.15) is 44.9 Å². The zero-order valence-electron chi connectivity index (χ0n) is 24.3. The van der Waals surface area contributed by atoms with E-state index in [9.17, 15) is 14.0 Å². The molecular formula is C26H35FN16O2. The summed E-state index contributed by atoms with van der Waals surface area (Å²) in [4.78, 5) is 46.8. The summed E-state index contributed by atoms with van der Waals surface area (Å²) in [6.07, 6.45) is 4.82. The van der Waals surface area contributed by atoms with Crippen LogP contribution in [-0.4, -0.2) is 77.0 Å². The lowest BCUT2D eigenvalue weighted by Gasteiger charge is -2.29. The van der Waals surface area contributed by atoms with Crippen molar-refractivity contribution in [2.45, 2.75) is 69.6 Å². The smallest absolute Gasteiger partial charge is 0.259 e. The van der Waals surface area contributed by atoms with Gasteiger partial charge in [0, 0.05) is 30.1 Å². The first-order valence-electron chi connectivity index (χ1n) is 14.4. The minimum Gasteiger partial charge on any atom is -0.370 e. The summed E-state index contributed by atoms with van der Waals surface area (Å²) in [7, 11) is 0. The summed E-state index contributed by atoms with van der Waals surface area (Å²) in [5, 5.41) is 21.6. The van der Waals surface area contributed by atoms with Crippen LogP contribution in [0.5, 0.6) is 0 Å². The van der Waals surface area contributed by atoms with Crippen molar-refractivity contribution in [3.8, 4) is 11.4 Å². The standard InChI is InChI=1S/C26H35FN16O2/c27-15-5-3-14(4-6-15)21-40-42-43(41-21)12-20(45)32-16-7-9-17(10-8-16)33-24-37-25(39-26(38-24)36-23(30)31)34-18(13-1-2-13)11-19(44)35-22(28)29/h3-6,13,16-18H,1-2,7-12H2,(H,32,45)(H4,28,29,35,44)(H6,30,31,33,34,36,37,38,39). The highest BCUT2D eigenvalue weighted by Gasteiger charge is 2.33. The lowest BCUT2D eigenvalue weighted by atomic mass is 9.91. The van der Waals surface area contributed by atoms with Crippen molar-refractivity contribution in [3.05, 3.63) is 30.1 Å². The summed E-state index contributed by atoms with van der Waals surface area (Å²) in [5.74, 6) is -0.563. The molecule has 0 saturated heterocycles. The zero-order chi connectivity index (χ0) is 31.9. The van der Waals surface area contributed by atoms with E-state index >= 15 is 0 Å². The van der Waals surface area contributed by atoms with Crippen LogP contribution in [0.15, 0.2) is 34.3 Å².